The van der Waals surface area contributed by atoms with Crippen molar-refractivity contribution in [3.8, 4) is 11.5 Å². The van der Waals surface area contributed by atoms with Gasteiger partial charge in [-0.05, 0) is 79.9 Å². The zero-order valence-corrected chi connectivity index (χ0v) is 20.6. The second-order valence-electron chi connectivity index (χ2n) is 8.98. The van der Waals surface area contributed by atoms with Crippen molar-refractivity contribution in [1.82, 2.24) is 4.90 Å². The first kappa shape index (κ1) is 25.0. The minimum Gasteiger partial charge on any atom is -0.507 e. The number of halogens is 1. The molecule has 1 N–H and O–H groups in total. The lowest BCUT2D eigenvalue weighted by atomic mass is 9.94. The number of amides is 1. The van der Waals surface area contributed by atoms with Crippen LogP contribution in [0.2, 0.25) is 0 Å². The van der Waals surface area contributed by atoms with Crippen molar-refractivity contribution in [2.45, 2.75) is 39.5 Å². The fourth-order valence-electron chi connectivity index (χ4n) is 4.29. The molecule has 0 aromatic heterocycles. The molecule has 1 fully saturated rings. The average molecular weight is 490 g/mol. The van der Waals surface area contributed by atoms with E-state index in [-0.39, 0.29) is 29.5 Å². The highest BCUT2D eigenvalue weighted by molar-refractivity contribution is 6.46. The van der Waals surface area contributed by atoms with Crippen molar-refractivity contribution in [3.63, 3.8) is 0 Å². The number of nitrogens with zero attached hydrogens (tertiary/aromatic N) is 1. The normalized spacial score (nSPS) is 17.1. The smallest absolute Gasteiger partial charge is 0.295 e. The number of aryl methyl sites for hydroxylation is 1. The average Bonchev–Trinajstić information content (AvgIpc) is 3.10. The van der Waals surface area contributed by atoms with E-state index in [1.807, 2.05) is 26.0 Å². The molecule has 3 aromatic carbocycles. The molecule has 1 aliphatic heterocycles. The van der Waals surface area contributed by atoms with E-state index in [2.05, 4.69) is 0 Å². The van der Waals surface area contributed by atoms with Gasteiger partial charge in [-0.25, -0.2) is 4.39 Å². The van der Waals surface area contributed by atoms with Crippen LogP contribution in [0.1, 0.15) is 42.1 Å². The third kappa shape index (κ3) is 4.96. The highest BCUT2D eigenvalue weighted by Crippen LogP contribution is 2.41. The van der Waals surface area contributed by atoms with Gasteiger partial charge in [0.2, 0.25) is 0 Å². The summed E-state index contributed by atoms with van der Waals surface area (Å²) in [7, 11) is 1.57. The lowest BCUT2D eigenvalue weighted by Crippen LogP contribution is -2.29. The van der Waals surface area contributed by atoms with Gasteiger partial charge < -0.3 is 19.5 Å². The molecule has 3 aromatic rings. The first-order valence-corrected chi connectivity index (χ1v) is 11.6. The summed E-state index contributed by atoms with van der Waals surface area (Å²) in [4.78, 5) is 28.0. The van der Waals surface area contributed by atoms with Gasteiger partial charge in [-0.2, -0.15) is 0 Å². The Morgan fingerprint density at radius 1 is 1.03 bits per heavy atom. The van der Waals surface area contributed by atoms with Crippen LogP contribution >= 0.6 is 0 Å². The van der Waals surface area contributed by atoms with E-state index in [0.717, 1.165) is 5.56 Å². The number of aliphatic hydroxyl groups is 1. The molecule has 6 nitrogen and oxygen atoms in total. The van der Waals surface area contributed by atoms with Gasteiger partial charge >= 0.3 is 0 Å². The Labute approximate surface area is 209 Å². The fourth-order valence-corrected chi connectivity index (χ4v) is 4.29. The predicted molar refractivity (Wildman–Crippen MR) is 134 cm³/mol. The monoisotopic (exact) mass is 489 g/mol. The third-order valence-electron chi connectivity index (χ3n) is 6.03. The van der Waals surface area contributed by atoms with Gasteiger partial charge in [-0.3, -0.25) is 9.59 Å². The second kappa shape index (κ2) is 10.2. The lowest BCUT2D eigenvalue weighted by Gasteiger charge is -2.26. The number of hydrogen-bond donors (Lipinski definition) is 1. The van der Waals surface area contributed by atoms with Crippen LogP contribution in [0.15, 0.2) is 72.3 Å². The van der Waals surface area contributed by atoms with E-state index in [4.69, 9.17) is 9.47 Å². The molecule has 1 saturated heterocycles. The molecule has 1 atom stereocenters. The number of benzene rings is 3. The minimum absolute atomic E-state index is 0.0544. The van der Waals surface area contributed by atoms with E-state index in [1.165, 1.54) is 23.1 Å². The van der Waals surface area contributed by atoms with Crippen LogP contribution in [0, 0.1) is 12.7 Å². The van der Waals surface area contributed by atoms with Crippen LogP contribution in [-0.2, 0) is 16.1 Å². The Bertz CT molecular complexity index is 1330. The number of Topliss-reactive ketones (excluding diaryl/α,β-unsaturated/α-hetero) is 1. The van der Waals surface area contributed by atoms with Gasteiger partial charge in [-0.1, -0.05) is 24.3 Å². The number of ketones is 1. The molecular formula is C29H28FNO5. The molecule has 1 unspecified atom stereocenters. The molecule has 4 rings (SSSR count). The summed E-state index contributed by atoms with van der Waals surface area (Å²) in [6, 6.07) is 17.5. The van der Waals surface area contributed by atoms with E-state index >= 15 is 0 Å². The molecule has 7 heteroatoms. The van der Waals surface area contributed by atoms with Crippen molar-refractivity contribution >= 4 is 17.4 Å². The maximum absolute atomic E-state index is 13.9. The Morgan fingerprint density at radius 2 is 1.75 bits per heavy atom. The van der Waals surface area contributed by atoms with Gasteiger partial charge in [-0.15, -0.1) is 0 Å². The molecule has 0 bridgehead atoms. The van der Waals surface area contributed by atoms with Crippen molar-refractivity contribution in [2.24, 2.45) is 0 Å². The Morgan fingerprint density at radius 3 is 2.39 bits per heavy atom. The topological polar surface area (TPSA) is 76.1 Å². The molecule has 0 spiro atoms. The number of methoxy groups -OCH3 is 1. The molecule has 1 amide bonds. The zero-order valence-electron chi connectivity index (χ0n) is 20.6. The molecule has 0 saturated carbocycles. The molecule has 186 valence electrons. The van der Waals surface area contributed by atoms with Gasteiger partial charge in [0, 0.05) is 12.1 Å². The summed E-state index contributed by atoms with van der Waals surface area (Å²) in [5.41, 5.74) is 1.92. The van der Waals surface area contributed by atoms with E-state index in [0.29, 0.717) is 22.6 Å². The van der Waals surface area contributed by atoms with Crippen LogP contribution in [0.5, 0.6) is 11.5 Å². The molecular weight excluding hydrogens is 461 g/mol. The number of hydrogen-bond acceptors (Lipinski definition) is 5. The van der Waals surface area contributed by atoms with Crippen LogP contribution in [0.4, 0.5) is 4.39 Å². The van der Waals surface area contributed by atoms with Gasteiger partial charge in [0.25, 0.3) is 11.7 Å². The van der Waals surface area contributed by atoms with E-state index in [9.17, 15) is 19.1 Å². The van der Waals surface area contributed by atoms with Crippen LogP contribution in [0.25, 0.3) is 5.76 Å². The number of carbonyl (C=O) groups is 2. The molecule has 1 aliphatic rings. The third-order valence-corrected chi connectivity index (χ3v) is 6.03. The molecule has 0 aliphatic carbocycles. The SMILES string of the molecule is COc1ccc(CN2C(=O)C(=O)/C(=C(\O)c3ccc(F)c(C)c3)C2c2cccc(OC(C)C)c2)cc1. The van der Waals surface area contributed by atoms with Crippen LogP contribution in [-0.4, -0.2) is 34.9 Å². The van der Waals surface area contributed by atoms with E-state index in [1.54, 1.807) is 50.4 Å². The fraction of sp³-hybridized carbons (Fsp3) is 0.241. The van der Waals surface area contributed by atoms with Crippen molar-refractivity contribution in [1.29, 1.82) is 0 Å². The minimum atomic E-state index is -0.867. The number of rotatable bonds is 7. The first-order chi connectivity index (χ1) is 17.2. The van der Waals surface area contributed by atoms with Crippen LogP contribution in [0.3, 0.4) is 0 Å². The number of carbonyl (C=O) groups excluding carboxylic acids is 2. The summed E-state index contributed by atoms with van der Waals surface area (Å²) in [6.45, 7) is 5.50. The molecule has 0 radical (unpaired) electrons. The maximum atomic E-state index is 13.9. The highest BCUT2D eigenvalue weighted by Gasteiger charge is 2.46. The summed E-state index contributed by atoms with van der Waals surface area (Å²) in [5, 5.41) is 11.2. The van der Waals surface area contributed by atoms with Gasteiger partial charge in [0.05, 0.1) is 24.8 Å². The molecule has 1 heterocycles. The van der Waals surface area contributed by atoms with Crippen LogP contribution < -0.4 is 9.47 Å². The zero-order chi connectivity index (χ0) is 26.0. The summed E-state index contributed by atoms with van der Waals surface area (Å²) < 4.78 is 24.9. The number of aliphatic hydroxyl groups excluding tert-OH is 1. The van der Waals surface area contributed by atoms with Crippen molar-refractivity contribution in [3.05, 3.63) is 100 Å². The number of likely N-dealkylation sites (tertiary alicyclic amines) is 1. The van der Waals surface area contributed by atoms with Gasteiger partial charge in [0.1, 0.15) is 23.1 Å². The summed E-state index contributed by atoms with van der Waals surface area (Å²) in [6.07, 6.45) is -0.0758. The second-order valence-corrected chi connectivity index (χ2v) is 8.98. The Hall–Kier alpha value is -4.13. The Kier molecular flexibility index (Phi) is 7.10. The summed E-state index contributed by atoms with van der Waals surface area (Å²) in [5.74, 6) is -1.07. The largest absolute Gasteiger partial charge is 0.507 e. The highest BCUT2D eigenvalue weighted by atomic mass is 19.1. The van der Waals surface area contributed by atoms with Crippen molar-refractivity contribution < 1.29 is 28.6 Å². The predicted octanol–water partition coefficient (Wildman–Crippen LogP) is 5.55. The molecule has 36 heavy (non-hydrogen) atoms. The van der Waals surface area contributed by atoms with Gasteiger partial charge in [0.15, 0.2) is 0 Å². The lowest BCUT2D eigenvalue weighted by molar-refractivity contribution is -0.140. The van der Waals surface area contributed by atoms with Crippen molar-refractivity contribution in [2.75, 3.05) is 7.11 Å². The number of ether oxygens (including phenoxy) is 2. The first-order valence-electron chi connectivity index (χ1n) is 11.6. The maximum Gasteiger partial charge on any atom is 0.295 e. The standard InChI is InChI=1S/C29H28FNO5/c1-17(2)36-23-7-5-6-20(15-23)26-25(27(32)21-10-13-24(30)18(3)14-21)28(33)29(34)31(26)16-19-8-11-22(35-4)12-9-19/h5-15,17,26,32H,16H2,1-4H3/b27-25-. The quantitative estimate of drug-likeness (QED) is 0.267. The summed E-state index contributed by atoms with van der Waals surface area (Å²) >= 11 is 0. The van der Waals surface area contributed by atoms with E-state index < -0.39 is 23.5 Å². The Balaban J connectivity index is 1.85.